The zero-order valence-corrected chi connectivity index (χ0v) is 14.1. The monoisotopic (exact) mass is 383 g/mol. The van der Waals surface area contributed by atoms with Crippen LogP contribution in [0.15, 0.2) is 27.6 Å². The maximum Gasteiger partial charge on any atom is 0.321 e. The third-order valence-electron chi connectivity index (χ3n) is 2.50. The normalized spacial score (nSPS) is 13.4. The fraction of sp³-hybridized carbons (Fsp3) is 0.417. The molecule has 0 aliphatic heterocycles. The lowest BCUT2D eigenvalue weighted by Gasteiger charge is -2.16. The summed E-state index contributed by atoms with van der Waals surface area (Å²) < 4.78 is 26.9. The van der Waals surface area contributed by atoms with E-state index >= 15 is 0 Å². The van der Waals surface area contributed by atoms with E-state index < -0.39 is 22.0 Å². The van der Waals surface area contributed by atoms with Crippen LogP contribution >= 0.6 is 27.5 Å². The number of halogens is 2. The molecular formula is C12H15BrClNO4S. The first-order valence-corrected chi connectivity index (χ1v) is 8.49. The van der Waals surface area contributed by atoms with Gasteiger partial charge in [-0.25, -0.2) is 8.42 Å². The van der Waals surface area contributed by atoms with E-state index in [0.29, 0.717) is 9.50 Å². The summed E-state index contributed by atoms with van der Waals surface area (Å²) in [6.07, 6.45) is 0.212. The number of sulfonamides is 1. The maximum absolute atomic E-state index is 12.2. The predicted octanol–water partition coefficient (Wildman–Crippen LogP) is 2.88. The Morgan fingerprint density at radius 3 is 2.50 bits per heavy atom. The molecule has 1 unspecified atom stereocenters. The number of carboxylic acid groups (broad SMARTS) is 1. The van der Waals surface area contributed by atoms with Crippen molar-refractivity contribution in [1.29, 1.82) is 0 Å². The van der Waals surface area contributed by atoms with Gasteiger partial charge in [-0.15, -0.1) is 0 Å². The lowest BCUT2D eigenvalue weighted by molar-refractivity contribution is -0.139. The quantitative estimate of drug-likeness (QED) is 0.790. The zero-order chi connectivity index (χ0) is 15.5. The molecule has 0 aromatic heterocycles. The third-order valence-corrected chi connectivity index (χ3v) is 5.19. The van der Waals surface area contributed by atoms with Gasteiger partial charge >= 0.3 is 5.97 Å². The summed E-state index contributed by atoms with van der Waals surface area (Å²) in [4.78, 5) is 11.1. The number of aliphatic carboxylic acids is 1. The molecule has 0 saturated carbocycles. The molecular weight excluding hydrogens is 370 g/mol. The second kappa shape index (κ2) is 6.89. The lowest BCUT2D eigenvalue weighted by Crippen LogP contribution is -2.41. The fourth-order valence-corrected chi connectivity index (χ4v) is 3.45. The second-order valence-corrected chi connectivity index (χ2v) is 7.69. The minimum absolute atomic E-state index is 0.0382. The summed E-state index contributed by atoms with van der Waals surface area (Å²) in [5.74, 6) is -1.15. The Bertz CT molecular complexity index is 603. The van der Waals surface area contributed by atoms with Gasteiger partial charge in [0.05, 0.1) is 9.92 Å². The Hall–Kier alpha value is -0.630. The Balaban J connectivity index is 3.03. The first-order chi connectivity index (χ1) is 9.13. The Morgan fingerprint density at radius 1 is 1.45 bits per heavy atom. The molecule has 8 heteroatoms. The first-order valence-electron chi connectivity index (χ1n) is 5.83. The van der Waals surface area contributed by atoms with Crippen molar-refractivity contribution < 1.29 is 18.3 Å². The van der Waals surface area contributed by atoms with Crippen LogP contribution in [-0.4, -0.2) is 25.5 Å². The second-order valence-electron chi connectivity index (χ2n) is 4.72. The molecule has 1 atom stereocenters. The molecule has 0 fully saturated rings. The van der Waals surface area contributed by atoms with Gasteiger partial charge < -0.3 is 5.11 Å². The van der Waals surface area contributed by atoms with E-state index in [2.05, 4.69) is 20.7 Å². The highest BCUT2D eigenvalue weighted by Crippen LogP contribution is 2.25. The van der Waals surface area contributed by atoms with E-state index in [4.69, 9.17) is 16.7 Å². The molecule has 0 bridgehead atoms. The minimum Gasteiger partial charge on any atom is -0.480 e. The van der Waals surface area contributed by atoms with E-state index in [-0.39, 0.29) is 17.2 Å². The maximum atomic E-state index is 12.2. The van der Waals surface area contributed by atoms with Crippen LogP contribution in [0.2, 0.25) is 5.02 Å². The van der Waals surface area contributed by atoms with Crippen LogP contribution in [0.1, 0.15) is 20.3 Å². The summed E-state index contributed by atoms with van der Waals surface area (Å²) in [5, 5.41) is 9.45. The molecule has 0 saturated heterocycles. The van der Waals surface area contributed by atoms with Gasteiger partial charge in [0.2, 0.25) is 10.0 Å². The fourth-order valence-electron chi connectivity index (χ4n) is 1.57. The molecule has 2 N–H and O–H groups in total. The Morgan fingerprint density at radius 2 is 2.05 bits per heavy atom. The number of rotatable bonds is 6. The van der Waals surface area contributed by atoms with Gasteiger partial charge in [0, 0.05) is 4.47 Å². The molecule has 1 rings (SSSR count). The summed E-state index contributed by atoms with van der Waals surface area (Å²) in [5.41, 5.74) is 0. The number of carboxylic acids is 1. The number of hydrogen-bond acceptors (Lipinski definition) is 3. The number of hydrogen-bond donors (Lipinski definition) is 2. The van der Waals surface area contributed by atoms with Crippen molar-refractivity contribution >= 4 is 43.5 Å². The molecule has 1 aromatic rings. The molecule has 0 radical (unpaired) electrons. The summed E-state index contributed by atoms with van der Waals surface area (Å²) in [6.45, 7) is 3.65. The average molecular weight is 385 g/mol. The lowest BCUT2D eigenvalue weighted by atomic mass is 10.1. The van der Waals surface area contributed by atoms with Crippen LogP contribution in [0.25, 0.3) is 0 Å². The Kier molecular flexibility index (Phi) is 6.00. The highest BCUT2D eigenvalue weighted by molar-refractivity contribution is 9.10. The van der Waals surface area contributed by atoms with Gasteiger partial charge in [0.15, 0.2) is 0 Å². The Labute approximate surface area is 131 Å². The van der Waals surface area contributed by atoms with Gasteiger partial charge in [0.25, 0.3) is 0 Å². The van der Waals surface area contributed by atoms with Crippen molar-refractivity contribution in [2.75, 3.05) is 0 Å². The topological polar surface area (TPSA) is 83.5 Å². The van der Waals surface area contributed by atoms with E-state index in [1.807, 2.05) is 13.8 Å². The van der Waals surface area contributed by atoms with Crippen molar-refractivity contribution in [3.63, 3.8) is 0 Å². The van der Waals surface area contributed by atoms with Crippen molar-refractivity contribution in [2.45, 2.75) is 31.2 Å². The highest BCUT2D eigenvalue weighted by Gasteiger charge is 2.26. The van der Waals surface area contributed by atoms with E-state index in [1.54, 1.807) is 0 Å². The molecule has 1 aromatic carbocycles. The SMILES string of the molecule is CC(C)CC(NS(=O)(=O)c1ccc(Cl)c(Br)c1)C(=O)O. The van der Waals surface area contributed by atoms with E-state index in [9.17, 15) is 13.2 Å². The molecule has 0 spiro atoms. The van der Waals surface area contributed by atoms with Crippen molar-refractivity contribution in [3.05, 3.63) is 27.7 Å². The van der Waals surface area contributed by atoms with Crippen LogP contribution in [0.3, 0.4) is 0 Å². The predicted molar refractivity (Wildman–Crippen MR) is 80.4 cm³/mol. The number of nitrogens with one attached hydrogen (secondary N) is 1. The van der Waals surface area contributed by atoms with Crippen molar-refractivity contribution in [3.8, 4) is 0 Å². The van der Waals surface area contributed by atoms with Gasteiger partial charge in [-0.05, 0) is 46.5 Å². The molecule has 5 nitrogen and oxygen atoms in total. The number of benzene rings is 1. The molecule has 0 heterocycles. The summed E-state index contributed by atoms with van der Waals surface area (Å²) in [7, 11) is -3.91. The van der Waals surface area contributed by atoms with Gasteiger partial charge in [-0.1, -0.05) is 25.4 Å². The van der Waals surface area contributed by atoms with Gasteiger partial charge in [-0.2, -0.15) is 4.72 Å². The smallest absolute Gasteiger partial charge is 0.321 e. The van der Waals surface area contributed by atoms with Crippen molar-refractivity contribution in [1.82, 2.24) is 4.72 Å². The van der Waals surface area contributed by atoms with Crippen LogP contribution in [0.4, 0.5) is 0 Å². The van der Waals surface area contributed by atoms with E-state index in [1.165, 1.54) is 18.2 Å². The van der Waals surface area contributed by atoms with Crippen LogP contribution < -0.4 is 4.72 Å². The zero-order valence-electron chi connectivity index (χ0n) is 10.9. The average Bonchev–Trinajstić information content (AvgIpc) is 2.30. The minimum atomic E-state index is -3.91. The van der Waals surface area contributed by atoms with Crippen LogP contribution in [0, 0.1) is 5.92 Å². The molecule has 0 amide bonds. The summed E-state index contributed by atoms with van der Waals surface area (Å²) >= 11 is 8.93. The molecule has 20 heavy (non-hydrogen) atoms. The molecule has 112 valence electrons. The summed E-state index contributed by atoms with van der Waals surface area (Å²) in [6, 6.07) is 2.93. The molecule has 0 aliphatic rings. The third kappa shape index (κ3) is 4.73. The van der Waals surface area contributed by atoms with E-state index in [0.717, 1.165) is 0 Å². The molecule has 0 aliphatic carbocycles. The van der Waals surface area contributed by atoms with Crippen LogP contribution in [-0.2, 0) is 14.8 Å². The highest BCUT2D eigenvalue weighted by atomic mass is 79.9. The largest absolute Gasteiger partial charge is 0.480 e. The van der Waals surface area contributed by atoms with Gasteiger partial charge in [-0.3, -0.25) is 4.79 Å². The standard InChI is InChI=1S/C12H15BrClNO4S/c1-7(2)5-11(12(16)17)15-20(18,19)8-3-4-10(14)9(13)6-8/h3-4,6-7,11,15H,5H2,1-2H3,(H,16,17). The van der Waals surface area contributed by atoms with Gasteiger partial charge in [0.1, 0.15) is 6.04 Å². The van der Waals surface area contributed by atoms with Crippen molar-refractivity contribution in [2.24, 2.45) is 5.92 Å². The number of carbonyl (C=O) groups is 1. The van der Waals surface area contributed by atoms with Crippen LogP contribution in [0.5, 0.6) is 0 Å². The first kappa shape index (κ1) is 17.4.